The topological polar surface area (TPSA) is 38.8 Å². The molecule has 0 radical (unpaired) electrons. The van der Waals surface area contributed by atoms with Crippen molar-refractivity contribution in [2.45, 2.75) is 13.5 Å². The van der Waals surface area contributed by atoms with Crippen LogP contribution < -0.4 is 14.4 Å². The van der Waals surface area contributed by atoms with Gasteiger partial charge >= 0.3 is 6.61 Å². The van der Waals surface area contributed by atoms with Crippen LogP contribution in [0.2, 0.25) is 0 Å². The molecule has 0 aromatic heterocycles. The molecule has 1 aliphatic heterocycles. The standard InChI is InChI=1S/C19H15F2NO3S2/c1-2-24-13-9-7-12(8-10-13)11-16-17(23)22(19(26)27-16)14-5-3-4-6-15(14)25-18(20)21/h3-11,18H,2H2,1H3. The lowest BCUT2D eigenvalue weighted by atomic mass is 10.2. The number of amides is 1. The fourth-order valence-electron chi connectivity index (χ4n) is 2.49. The van der Waals surface area contributed by atoms with Gasteiger partial charge in [-0.1, -0.05) is 48.2 Å². The number of rotatable bonds is 6. The summed E-state index contributed by atoms with van der Waals surface area (Å²) in [6.07, 6.45) is 1.70. The van der Waals surface area contributed by atoms with Crippen molar-refractivity contribution in [2.24, 2.45) is 0 Å². The Morgan fingerprint density at radius 2 is 1.89 bits per heavy atom. The molecule has 0 N–H and O–H groups in total. The van der Waals surface area contributed by atoms with E-state index in [2.05, 4.69) is 4.74 Å². The number of carbonyl (C=O) groups excluding carboxylic acids is 1. The summed E-state index contributed by atoms with van der Waals surface area (Å²) in [4.78, 5) is 14.4. The van der Waals surface area contributed by atoms with E-state index in [0.29, 0.717) is 11.5 Å². The molecular weight excluding hydrogens is 392 g/mol. The minimum Gasteiger partial charge on any atom is -0.494 e. The van der Waals surface area contributed by atoms with Crippen molar-refractivity contribution in [2.75, 3.05) is 11.5 Å². The van der Waals surface area contributed by atoms with Crippen LogP contribution in [0.15, 0.2) is 53.4 Å². The van der Waals surface area contributed by atoms with Gasteiger partial charge in [0, 0.05) is 0 Å². The number of alkyl halides is 2. The number of carbonyl (C=O) groups is 1. The Balaban J connectivity index is 1.87. The number of hydrogen-bond donors (Lipinski definition) is 0. The van der Waals surface area contributed by atoms with Crippen molar-refractivity contribution >= 4 is 46.0 Å². The fourth-order valence-corrected chi connectivity index (χ4v) is 3.78. The summed E-state index contributed by atoms with van der Waals surface area (Å²) in [5, 5.41) is 0. The quantitative estimate of drug-likeness (QED) is 0.493. The van der Waals surface area contributed by atoms with E-state index in [1.165, 1.54) is 17.0 Å². The third-order valence-corrected chi connectivity index (χ3v) is 4.91. The first-order chi connectivity index (χ1) is 13.0. The third-order valence-electron chi connectivity index (χ3n) is 3.60. The van der Waals surface area contributed by atoms with E-state index in [9.17, 15) is 13.6 Å². The molecule has 1 fully saturated rings. The first-order valence-electron chi connectivity index (χ1n) is 8.04. The molecular formula is C19H15F2NO3S2. The van der Waals surface area contributed by atoms with Crippen molar-refractivity contribution < 1.29 is 23.0 Å². The molecule has 1 aliphatic rings. The first-order valence-corrected chi connectivity index (χ1v) is 9.26. The average Bonchev–Trinajstić information content (AvgIpc) is 2.91. The van der Waals surface area contributed by atoms with Crippen molar-refractivity contribution in [3.05, 3.63) is 59.0 Å². The van der Waals surface area contributed by atoms with Crippen LogP contribution in [-0.4, -0.2) is 23.4 Å². The van der Waals surface area contributed by atoms with E-state index in [0.717, 1.165) is 23.1 Å². The number of para-hydroxylation sites is 2. The van der Waals surface area contributed by atoms with Crippen molar-refractivity contribution in [1.29, 1.82) is 0 Å². The van der Waals surface area contributed by atoms with Crippen LogP contribution >= 0.6 is 24.0 Å². The van der Waals surface area contributed by atoms with Gasteiger partial charge in [-0.15, -0.1) is 0 Å². The number of anilines is 1. The predicted molar refractivity (Wildman–Crippen MR) is 106 cm³/mol. The first kappa shape index (κ1) is 19.3. The summed E-state index contributed by atoms with van der Waals surface area (Å²) >= 11 is 6.39. The Kier molecular flexibility index (Phi) is 6.08. The molecule has 2 aromatic carbocycles. The van der Waals surface area contributed by atoms with Gasteiger partial charge in [0.25, 0.3) is 5.91 Å². The maximum absolute atomic E-state index is 12.8. The van der Waals surface area contributed by atoms with E-state index in [4.69, 9.17) is 17.0 Å². The lowest BCUT2D eigenvalue weighted by molar-refractivity contribution is -0.113. The smallest absolute Gasteiger partial charge is 0.387 e. The SMILES string of the molecule is CCOc1ccc(C=C2SC(=S)N(c3ccccc3OC(F)F)C2=O)cc1. The molecule has 27 heavy (non-hydrogen) atoms. The fraction of sp³-hybridized carbons (Fsp3) is 0.158. The lowest BCUT2D eigenvalue weighted by Gasteiger charge is -2.18. The van der Waals surface area contributed by atoms with Crippen LogP contribution in [0, 0.1) is 0 Å². The highest BCUT2D eigenvalue weighted by molar-refractivity contribution is 8.27. The highest BCUT2D eigenvalue weighted by Gasteiger charge is 2.35. The summed E-state index contributed by atoms with van der Waals surface area (Å²) < 4.78 is 35.5. The molecule has 3 rings (SSSR count). The highest BCUT2D eigenvalue weighted by Crippen LogP contribution is 2.40. The average molecular weight is 407 g/mol. The zero-order valence-corrected chi connectivity index (χ0v) is 15.9. The summed E-state index contributed by atoms with van der Waals surface area (Å²) in [5.74, 6) is 0.246. The second-order valence-corrected chi connectivity index (χ2v) is 7.04. The van der Waals surface area contributed by atoms with E-state index >= 15 is 0 Å². The van der Waals surface area contributed by atoms with Crippen LogP contribution in [0.5, 0.6) is 11.5 Å². The number of thioether (sulfide) groups is 1. The Labute approximate surface area is 164 Å². The van der Waals surface area contributed by atoms with Gasteiger partial charge in [-0.3, -0.25) is 9.69 Å². The van der Waals surface area contributed by atoms with E-state index < -0.39 is 6.61 Å². The van der Waals surface area contributed by atoms with Crippen LogP contribution in [0.25, 0.3) is 6.08 Å². The highest BCUT2D eigenvalue weighted by atomic mass is 32.2. The van der Waals surface area contributed by atoms with E-state index in [1.807, 2.05) is 31.2 Å². The minimum absolute atomic E-state index is 0.105. The number of halogens is 2. The molecule has 0 aliphatic carbocycles. The Bertz CT molecular complexity index is 885. The molecule has 2 aromatic rings. The molecule has 0 atom stereocenters. The van der Waals surface area contributed by atoms with Gasteiger partial charge in [0.15, 0.2) is 4.32 Å². The second kappa shape index (κ2) is 8.49. The summed E-state index contributed by atoms with van der Waals surface area (Å²) in [5.41, 5.74) is 0.992. The lowest BCUT2D eigenvalue weighted by Crippen LogP contribution is -2.28. The van der Waals surface area contributed by atoms with Crippen molar-refractivity contribution in [3.8, 4) is 11.5 Å². The Hall–Kier alpha value is -2.45. The van der Waals surface area contributed by atoms with Gasteiger partial charge in [-0.25, -0.2) is 0 Å². The largest absolute Gasteiger partial charge is 0.494 e. The molecule has 140 valence electrons. The van der Waals surface area contributed by atoms with Crippen LogP contribution in [-0.2, 0) is 4.79 Å². The number of nitrogens with zero attached hydrogens (tertiary/aromatic N) is 1. The molecule has 0 bridgehead atoms. The number of ether oxygens (including phenoxy) is 2. The number of thiocarbonyl (C=S) groups is 1. The van der Waals surface area contributed by atoms with E-state index in [1.54, 1.807) is 18.2 Å². The molecule has 1 saturated heterocycles. The molecule has 8 heteroatoms. The zero-order chi connectivity index (χ0) is 19.4. The van der Waals surface area contributed by atoms with Crippen LogP contribution in [0.3, 0.4) is 0 Å². The maximum atomic E-state index is 12.8. The molecule has 1 amide bonds. The van der Waals surface area contributed by atoms with Gasteiger partial charge < -0.3 is 9.47 Å². The van der Waals surface area contributed by atoms with Gasteiger partial charge in [0.1, 0.15) is 11.5 Å². The Morgan fingerprint density at radius 3 is 2.56 bits per heavy atom. The van der Waals surface area contributed by atoms with Crippen LogP contribution in [0.4, 0.5) is 14.5 Å². The molecule has 0 spiro atoms. The molecule has 4 nitrogen and oxygen atoms in total. The number of hydrogen-bond acceptors (Lipinski definition) is 5. The van der Waals surface area contributed by atoms with Gasteiger partial charge in [-0.05, 0) is 42.8 Å². The summed E-state index contributed by atoms with van der Waals surface area (Å²) in [7, 11) is 0. The summed E-state index contributed by atoms with van der Waals surface area (Å²) in [6.45, 7) is -0.531. The normalized spacial score (nSPS) is 15.7. The van der Waals surface area contributed by atoms with Crippen LogP contribution in [0.1, 0.15) is 12.5 Å². The molecule has 1 heterocycles. The van der Waals surface area contributed by atoms with Crippen molar-refractivity contribution in [3.63, 3.8) is 0 Å². The van der Waals surface area contributed by atoms with Gasteiger partial charge in [0.2, 0.25) is 0 Å². The Morgan fingerprint density at radius 1 is 1.19 bits per heavy atom. The molecule has 0 saturated carbocycles. The predicted octanol–water partition coefficient (Wildman–Crippen LogP) is 5.09. The van der Waals surface area contributed by atoms with Gasteiger partial charge in [-0.2, -0.15) is 8.78 Å². The van der Waals surface area contributed by atoms with E-state index in [-0.39, 0.29) is 21.7 Å². The maximum Gasteiger partial charge on any atom is 0.387 e. The molecule has 0 unspecified atom stereocenters. The summed E-state index contributed by atoms with van der Waals surface area (Å²) in [6, 6.07) is 13.3. The monoisotopic (exact) mass is 407 g/mol. The number of benzene rings is 2. The third kappa shape index (κ3) is 4.45. The van der Waals surface area contributed by atoms with Crippen molar-refractivity contribution in [1.82, 2.24) is 0 Å². The second-order valence-electron chi connectivity index (χ2n) is 5.37. The van der Waals surface area contributed by atoms with Gasteiger partial charge in [0.05, 0.1) is 17.2 Å². The minimum atomic E-state index is -3.00. The zero-order valence-electron chi connectivity index (χ0n) is 14.2.